The Labute approximate surface area is 113 Å². The van der Waals surface area contributed by atoms with Gasteiger partial charge in [-0.3, -0.25) is 4.79 Å². The molecule has 0 saturated carbocycles. The van der Waals surface area contributed by atoms with Gasteiger partial charge in [0.25, 0.3) is 5.91 Å². The van der Waals surface area contributed by atoms with Gasteiger partial charge in [0, 0.05) is 11.6 Å². The van der Waals surface area contributed by atoms with Crippen molar-refractivity contribution in [2.45, 2.75) is 25.3 Å². The third kappa shape index (κ3) is 2.68. The fourth-order valence-corrected chi connectivity index (χ4v) is 2.68. The lowest BCUT2D eigenvalue weighted by Crippen LogP contribution is -2.38. The van der Waals surface area contributed by atoms with Crippen molar-refractivity contribution < 1.29 is 4.79 Å². The molecule has 96 valence electrons. The Kier molecular flexibility index (Phi) is 3.32. The number of fused-ring (bicyclic) bond motifs is 1. The van der Waals surface area contributed by atoms with E-state index >= 15 is 0 Å². The molecule has 0 spiro atoms. The van der Waals surface area contributed by atoms with Gasteiger partial charge in [0.2, 0.25) is 0 Å². The van der Waals surface area contributed by atoms with Crippen molar-refractivity contribution in [3.8, 4) is 0 Å². The Balaban J connectivity index is 1.68. The topological polar surface area (TPSA) is 29.1 Å². The standard InChI is InChI=1S/C17H17NO/c19-17(14-7-2-1-3-8-14)18-16-11-10-13-6-4-5-9-15(13)12-16/h1-9,16H,10-12H2,(H,18,19)/t16-/m0/s1. The molecular formula is C17H17NO. The highest BCUT2D eigenvalue weighted by atomic mass is 16.1. The lowest BCUT2D eigenvalue weighted by Gasteiger charge is -2.25. The van der Waals surface area contributed by atoms with Gasteiger partial charge in [-0.25, -0.2) is 0 Å². The van der Waals surface area contributed by atoms with E-state index in [2.05, 4.69) is 29.6 Å². The molecule has 0 unspecified atom stereocenters. The summed E-state index contributed by atoms with van der Waals surface area (Å²) in [6.45, 7) is 0. The summed E-state index contributed by atoms with van der Waals surface area (Å²) in [4.78, 5) is 12.1. The van der Waals surface area contributed by atoms with Gasteiger partial charge in [-0.05, 0) is 42.5 Å². The van der Waals surface area contributed by atoms with Gasteiger partial charge in [-0.1, -0.05) is 42.5 Å². The van der Waals surface area contributed by atoms with Gasteiger partial charge >= 0.3 is 0 Å². The first-order valence-corrected chi connectivity index (χ1v) is 6.75. The minimum Gasteiger partial charge on any atom is -0.349 e. The average Bonchev–Trinajstić information content (AvgIpc) is 2.48. The average molecular weight is 251 g/mol. The first-order chi connectivity index (χ1) is 9.33. The quantitative estimate of drug-likeness (QED) is 0.873. The molecule has 2 heteroatoms. The Morgan fingerprint density at radius 2 is 1.63 bits per heavy atom. The second-order valence-corrected chi connectivity index (χ2v) is 5.05. The Morgan fingerprint density at radius 3 is 2.42 bits per heavy atom. The van der Waals surface area contributed by atoms with E-state index in [1.807, 2.05) is 30.3 Å². The number of rotatable bonds is 2. The Morgan fingerprint density at radius 1 is 0.947 bits per heavy atom. The summed E-state index contributed by atoms with van der Waals surface area (Å²) < 4.78 is 0. The summed E-state index contributed by atoms with van der Waals surface area (Å²) in [7, 11) is 0. The largest absolute Gasteiger partial charge is 0.349 e. The normalized spacial score (nSPS) is 17.6. The van der Waals surface area contributed by atoms with E-state index in [1.165, 1.54) is 11.1 Å². The molecule has 1 aliphatic rings. The van der Waals surface area contributed by atoms with Crippen LogP contribution in [0.4, 0.5) is 0 Å². The lowest BCUT2D eigenvalue weighted by atomic mass is 9.88. The fourth-order valence-electron chi connectivity index (χ4n) is 2.68. The number of nitrogens with one attached hydrogen (secondary N) is 1. The predicted molar refractivity (Wildman–Crippen MR) is 76.2 cm³/mol. The van der Waals surface area contributed by atoms with Crippen LogP contribution in [0, 0.1) is 0 Å². The van der Waals surface area contributed by atoms with Crippen LogP contribution in [0.2, 0.25) is 0 Å². The van der Waals surface area contributed by atoms with Crippen molar-refractivity contribution in [1.29, 1.82) is 0 Å². The summed E-state index contributed by atoms with van der Waals surface area (Å²) in [5.41, 5.74) is 3.53. The van der Waals surface area contributed by atoms with Gasteiger partial charge < -0.3 is 5.32 Å². The maximum Gasteiger partial charge on any atom is 0.251 e. The molecule has 1 atom stereocenters. The molecule has 2 aromatic rings. The SMILES string of the molecule is O=C(N[C@H]1CCc2ccccc2C1)c1ccccc1. The lowest BCUT2D eigenvalue weighted by molar-refractivity contribution is 0.0933. The molecule has 19 heavy (non-hydrogen) atoms. The molecule has 1 amide bonds. The van der Waals surface area contributed by atoms with Crippen molar-refractivity contribution in [3.63, 3.8) is 0 Å². The summed E-state index contributed by atoms with van der Waals surface area (Å²) in [6.07, 6.45) is 3.01. The van der Waals surface area contributed by atoms with Crippen molar-refractivity contribution in [2.24, 2.45) is 0 Å². The molecule has 3 rings (SSSR count). The van der Waals surface area contributed by atoms with Gasteiger partial charge in [-0.2, -0.15) is 0 Å². The zero-order chi connectivity index (χ0) is 13.1. The van der Waals surface area contributed by atoms with E-state index in [0.29, 0.717) is 0 Å². The number of aryl methyl sites for hydroxylation is 1. The van der Waals surface area contributed by atoms with Crippen molar-refractivity contribution >= 4 is 5.91 Å². The molecule has 2 aromatic carbocycles. The summed E-state index contributed by atoms with van der Waals surface area (Å²) >= 11 is 0. The number of carbonyl (C=O) groups excluding carboxylic acids is 1. The first-order valence-electron chi connectivity index (χ1n) is 6.75. The van der Waals surface area contributed by atoms with E-state index in [4.69, 9.17) is 0 Å². The molecule has 0 radical (unpaired) electrons. The smallest absolute Gasteiger partial charge is 0.251 e. The number of carbonyl (C=O) groups is 1. The second kappa shape index (κ2) is 5.27. The number of amides is 1. The minimum atomic E-state index is 0.0324. The molecular weight excluding hydrogens is 234 g/mol. The van der Waals surface area contributed by atoms with Gasteiger partial charge in [0.15, 0.2) is 0 Å². The summed E-state index contributed by atoms with van der Waals surface area (Å²) in [5.74, 6) is 0.0324. The maximum atomic E-state index is 12.1. The van der Waals surface area contributed by atoms with Crippen LogP contribution < -0.4 is 5.32 Å². The monoisotopic (exact) mass is 251 g/mol. The third-order valence-electron chi connectivity index (χ3n) is 3.72. The predicted octanol–water partition coefficient (Wildman–Crippen LogP) is 2.97. The number of benzene rings is 2. The highest BCUT2D eigenvalue weighted by Gasteiger charge is 2.20. The molecule has 1 aliphatic carbocycles. The highest BCUT2D eigenvalue weighted by Crippen LogP contribution is 2.21. The van der Waals surface area contributed by atoms with Crippen LogP contribution in [0.15, 0.2) is 54.6 Å². The van der Waals surface area contributed by atoms with E-state index in [-0.39, 0.29) is 11.9 Å². The van der Waals surface area contributed by atoms with Crippen LogP contribution in [-0.4, -0.2) is 11.9 Å². The third-order valence-corrected chi connectivity index (χ3v) is 3.72. The highest BCUT2D eigenvalue weighted by molar-refractivity contribution is 5.94. The fraction of sp³-hybridized carbons (Fsp3) is 0.235. The van der Waals surface area contributed by atoms with Gasteiger partial charge in [0.1, 0.15) is 0 Å². The minimum absolute atomic E-state index is 0.0324. The summed E-state index contributed by atoms with van der Waals surface area (Å²) in [6, 6.07) is 18.2. The van der Waals surface area contributed by atoms with E-state index < -0.39 is 0 Å². The van der Waals surface area contributed by atoms with Gasteiger partial charge in [0.05, 0.1) is 0 Å². The number of hydrogen-bond acceptors (Lipinski definition) is 1. The van der Waals surface area contributed by atoms with Crippen LogP contribution >= 0.6 is 0 Å². The Bertz CT molecular complexity index is 577. The molecule has 2 nitrogen and oxygen atoms in total. The summed E-state index contributed by atoms with van der Waals surface area (Å²) in [5, 5.41) is 3.14. The molecule has 0 aliphatic heterocycles. The molecule has 0 fully saturated rings. The molecule has 0 bridgehead atoms. The second-order valence-electron chi connectivity index (χ2n) is 5.05. The molecule has 1 N–H and O–H groups in total. The van der Waals surface area contributed by atoms with Crippen LogP contribution in [0.1, 0.15) is 27.9 Å². The van der Waals surface area contributed by atoms with Crippen molar-refractivity contribution in [1.82, 2.24) is 5.32 Å². The maximum absolute atomic E-state index is 12.1. The molecule has 0 heterocycles. The van der Waals surface area contributed by atoms with Crippen LogP contribution in [0.3, 0.4) is 0 Å². The van der Waals surface area contributed by atoms with Crippen molar-refractivity contribution in [2.75, 3.05) is 0 Å². The Hall–Kier alpha value is -2.09. The van der Waals surface area contributed by atoms with Crippen molar-refractivity contribution in [3.05, 3.63) is 71.3 Å². The zero-order valence-corrected chi connectivity index (χ0v) is 10.8. The molecule has 0 saturated heterocycles. The first kappa shape index (κ1) is 12.0. The molecule has 0 aromatic heterocycles. The van der Waals surface area contributed by atoms with Gasteiger partial charge in [-0.15, -0.1) is 0 Å². The van der Waals surface area contributed by atoms with Crippen LogP contribution in [0.25, 0.3) is 0 Å². The van der Waals surface area contributed by atoms with E-state index in [1.54, 1.807) is 0 Å². The van der Waals surface area contributed by atoms with Crippen LogP contribution in [0.5, 0.6) is 0 Å². The van der Waals surface area contributed by atoms with E-state index in [9.17, 15) is 4.79 Å². The van der Waals surface area contributed by atoms with E-state index in [0.717, 1.165) is 24.8 Å². The zero-order valence-electron chi connectivity index (χ0n) is 10.8. The van der Waals surface area contributed by atoms with Crippen LogP contribution in [-0.2, 0) is 12.8 Å². The number of hydrogen-bond donors (Lipinski definition) is 1.